The molecule has 4 aliphatic rings. The van der Waals surface area contributed by atoms with Gasteiger partial charge in [0.1, 0.15) is 0 Å². The lowest BCUT2D eigenvalue weighted by Gasteiger charge is -2.35. The molecule has 0 spiro atoms. The van der Waals surface area contributed by atoms with Crippen molar-refractivity contribution in [3.63, 3.8) is 0 Å². The van der Waals surface area contributed by atoms with Gasteiger partial charge in [0.15, 0.2) is 0 Å². The average molecular weight is 461 g/mol. The zero-order chi connectivity index (χ0) is 23.2. The van der Waals surface area contributed by atoms with Gasteiger partial charge < -0.3 is 22.1 Å². The number of nitrogens with two attached hydrogens (primary N) is 2. The number of hydrogen-bond donors (Lipinski definition) is 4. The average Bonchev–Trinajstić information content (AvgIpc) is 2.82. The van der Waals surface area contributed by atoms with E-state index in [0.29, 0.717) is 24.2 Å². The van der Waals surface area contributed by atoms with Crippen LogP contribution >= 0.6 is 0 Å². The summed E-state index contributed by atoms with van der Waals surface area (Å²) in [6.45, 7) is 0. The third-order valence-electron chi connectivity index (χ3n) is 9.34. The van der Waals surface area contributed by atoms with E-state index in [4.69, 9.17) is 11.5 Å². The molecule has 0 aromatic carbocycles. The van der Waals surface area contributed by atoms with Crippen molar-refractivity contribution in [3.8, 4) is 0 Å². The van der Waals surface area contributed by atoms with Gasteiger partial charge in [-0.05, 0) is 121 Å². The molecule has 6 heteroatoms. The van der Waals surface area contributed by atoms with Crippen molar-refractivity contribution in [2.45, 2.75) is 133 Å². The molecule has 4 aliphatic carbocycles. The van der Waals surface area contributed by atoms with Gasteiger partial charge in [-0.1, -0.05) is 0 Å². The summed E-state index contributed by atoms with van der Waals surface area (Å²) in [6, 6.07) is 1.36. The fourth-order valence-electron chi connectivity index (χ4n) is 6.96. The molecule has 188 valence electrons. The largest absolute Gasteiger partial charge is 0.353 e. The number of rotatable bonds is 6. The van der Waals surface area contributed by atoms with Crippen LogP contribution in [0.25, 0.3) is 0 Å². The summed E-state index contributed by atoms with van der Waals surface area (Å²) < 4.78 is 0. The van der Waals surface area contributed by atoms with Crippen molar-refractivity contribution in [2.75, 3.05) is 0 Å². The number of amides is 2. The molecule has 2 amide bonds. The molecule has 0 aromatic heterocycles. The van der Waals surface area contributed by atoms with Gasteiger partial charge in [-0.15, -0.1) is 0 Å². The lowest BCUT2D eigenvalue weighted by Crippen LogP contribution is -2.43. The van der Waals surface area contributed by atoms with E-state index >= 15 is 0 Å². The highest BCUT2D eigenvalue weighted by atomic mass is 16.2. The summed E-state index contributed by atoms with van der Waals surface area (Å²) in [4.78, 5) is 25.2. The lowest BCUT2D eigenvalue weighted by atomic mass is 9.75. The fourth-order valence-corrected chi connectivity index (χ4v) is 6.96. The Labute approximate surface area is 200 Å². The second-order valence-corrected chi connectivity index (χ2v) is 11.9. The van der Waals surface area contributed by atoms with E-state index < -0.39 is 0 Å². The highest BCUT2D eigenvalue weighted by Gasteiger charge is 2.31. The number of hydrogen-bond acceptors (Lipinski definition) is 4. The van der Waals surface area contributed by atoms with E-state index in [2.05, 4.69) is 10.6 Å². The number of nitrogens with one attached hydrogen (secondary N) is 2. The third-order valence-corrected chi connectivity index (χ3v) is 9.34. The van der Waals surface area contributed by atoms with Crippen molar-refractivity contribution in [1.82, 2.24) is 10.6 Å². The molecule has 0 radical (unpaired) electrons. The fraction of sp³-hybridized carbons (Fsp3) is 0.926. The van der Waals surface area contributed by atoms with Crippen LogP contribution in [-0.2, 0) is 9.59 Å². The molecule has 0 aromatic rings. The maximum Gasteiger partial charge on any atom is 0.223 e. The van der Waals surface area contributed by atoms with Gasteiger partial charge in [0.25, 0.3) is 0 Å². The van der Waals surface area contributed by atoms with Crippen molar-refractivity contribution in [3.05, 3.63) is 0 Å². The van der Waals surface area contributed by atoms with Gasteiger partial charge in [0.2, 0.25) is 11.8 Å². The Hall–Kier alpha value is -1.14. The zero-order valence-electron chi connectivity index (χ0n) is 20.6. The van der Waals surface area contributed by atoms with E-state index in [1.165, 1.54) is 32.1 Å². The monoisotopic (exact) mass is 460 g/mol. The lowest BCUT2D eigenvalue weighted by molar-refractivity contribution is -0.127. The minimum atomic E-state index is 0.189. The van der Waals surface area contributed by atoms with Crippen LogP contribution in [0, 0.1) is 23.7 Å². The predicted octanol–water partition coefficient (Wildman–Crippen LogP) is 3.76. The maximum absolute atomic E-state index is 12.6. The predicted molar refractivity (Wildman–Crippen MR) is 132 cm³/mol. The Kier molecular flexibility index (Phi) is 9.09. The molecular formula is C27H48N4O2. The molecule has 33 heavy (non-hydrogen) atoms. The molecule has 0 heterocycles. The molecule has 6 nitrogen and oxygen atoms in total. The van der Waals surface area contributed by atoms with E-state index in [1.54, 1.807) is 0 Å². The molecule has 6 N–H and O–H groups in total. The van der Waals surface area contributed by atoms with Crippen LogP contribution in [-0.4, -0.2) is 36.0 Å². The third kappa shape index (κ3) is 7.42. The summed E-state index contributed by atoms with van der Waals surface area (Å²) >= 11 is 0. The highest BCUT2D eigenvalue weighted by Crippen LogP contribution is 2.36. The molecule has 0 unspecified atom stereocenters. The van der Waals surface area contributed by atoms with Crippen molar-refractivity contribution >= 4 is 11.8 Å². The van der Waals surface area contributed by atoms with Gasteiger partial charge in [-0.2, -0.15) is 0 Å². The van der Waals surface area contributed by atoms with Gasteiger partial charge >= 0.3 is 0 Å². The van der Waals surface area contributed by atoms with Gasteiger partial charge in [0, 0.05) is 36.0 Å². The molecule has 0 saturated heterocycles. The van der Waals surface area contributed by atoms with E-state index in [1.807, 2.05) is 0 Å². The van der Waals surface area contributed by atoms with Gasteiger partial charge in [0.05, 0.1) is 0 Å². The standard InChI is InChI=1S/C27H48N4O2/c28-22-9-5-20(6-10-22)26(32)30-24-13-1-18(2-14-24)17-19-3-15-25(16-4-19)31-27(33)21-7-11-23(29)12-8-21/h18-25H,1-17,28-29H2,(H,30,32)(H,31,33). The van der Waals surface area contributed by atoms with Gasteiger partial charge in [-0.3, -0.25) is 9.59 Å². The molecule has 0 aliphatic heterocycles. The molecule has 0 bridgehead atoms. The van der Waals surface area contributed by atoms with Crippen molar-refractivity contribution < 1.29 is 9.59 Å². The smallest absolute Gasteiger partial charge is 0.223 e. The van der Waals surface area contributed by atoms with E-state index in [9.17, 15) is 9.59 Å². The summed E-state index contributed by atoms with van der Waals surface area (Å²) in [5.41, 5.74) is 12.0. The Bertz CT molecular complexity index is 570. The SMILES string of the molecule is NC1CCC(C(=O)NC2CCC(CC3CCC(NC(=O)C4CCC(N)CC4)CC3)CC2)CC1. The topological polar surface area (TPSA) is 110 Å². The summed E-state index contributed by atoms with van der Waals surface area (Å²) in [5.74, 6) is 2.56. The Morgan fingerprint density at radius 2 is 0.848 bits per heavy atom. The van der Waals surface area contributed by atoms with Crippen LogP contribution in [0.5, 0.6) is 0 Å². The van der Waals surface area contributed by atoms with Crippen molar-refractivity contribution in [1.29, 1.82) is 0 Å². The number of carbonyl (C=O) groups excluding carboxylic acids is 2. The Morgan fingerprint density at radius 1 is 0.515 bits per heavy atom. The van der Waals surface area contributed by atoms with Crippen LogP contribution in [0.4, 0.5) is 0 Å². The quantitative estimate of drug-likeness (QED) is 0.484. The minimum absolute atomic E-state index is 0.189. The maximum atomic E-state index is 12.6. The van der Waals surface area contributed by atoms with Crippen LogP contribution in [0.3, 0.4) is 0 Å². The number of carbonyl (C=O) groups is 2. The zero-order valence-corrected chi connectivity index (χ0v) is 20.6. The first kappa shape index (κ1) is 25.0. The first-order chi connectivity index (χ1) is 16.0. The van der Waals surface area contributed by atoms with Crippen LogP contribution in [0.2, 0.25) is 0 Å². The second-order valence-electron chi connectivity index (χ2n) is 11.9. The minimum Gasteiger partial charge on any atom is -0.353 e. The molecular weight excluding hydrogens is 412 g/mol. The van der Waals surface area contributed by atoms with Crippen LogP contribution < -0.4 is 22.1 Å². The summed E-state index contributed by atoms with van der Waals surface area (Å²) in [7, 11) is 0. The van der Waals surface area contributed by atoms with Crippen molar-refractivity contribution in [2.24, 2.45) is 35.1 Å². The first-order valence-corrected chi connectivity index (χ1v) is 14.1. The molecule has 4 fully saturated rings. The second kappa shape index (κ2) is 12.0. The van der Waals surface area contributed by atoms with E-state index in [0.717, 1.165) is 88.9 Å². The van der Waals surface area contributed by atoms with Crippen LogP contribution in [0.15, 0.2) is 0 Å². The summed E-state index contributed by atoms with van der Waals surface area (Å²) in [6.07, 6.45) is 18.7. The molecule has 4 saturated carbocycles. The van der Waals surface area contributed by atoms with E-state index in [-0.39, 0.29) is 23.7 Å². The molecule has 4 rings (SSSR count). The first-order valence-electron chi connectivity index (χ1n) is 14.1. The molecule has 0 atom stereocenters. The summed E-state index contributed by atoms with van der Waals surface area (Å²) in [5, 5.41) is 6.71. The van der Waals surface area contributed by atoms with Crippen LogP contribution in [0.1, 0.15) is 109 Å². The Morgan fingerprint density at radius 3 is 1.18 bits per heavy atom. The normalized spacial score (nSPS) is 40.1. The Balaban J connectivity index is 1.09. The highest BCUT2D eigenvalue weighted by molar-refractivity contribution is 5.79. The van der Waals surface area contributed by atoms with Gasteiger partial charge in [-0.25, -0.2) is 0 Å².